The van der Waals surface area contributed by atoms with Crippen LogP contribution in [0.2, 0.25) is 0 Å². The van der Waals surface area contributed by atoms with Gasteiger partial charge in [0, 0.05) is 43.2 Å². The molecule has 8 heteroatoms. The highest BCUT2D eigenvalue weighted by Crippen LogP contribution is 2.20. The molecule has 1 aliphatic heterocycles. The Kier molecular flexibility index (Phi) is 5.50. The topological polar surface area (TPSA) is 88.3 Å². The first-order valence-electron chi connectivity index (χ1n) is 6.90. The molecule has 2 atom stereocenters. The Hall–Kier alpha value is -0.540. The van der Waals surface area contributed by atoms with E-state index < -0.39 is 10.2 Å². The number of hydrogen-bond donors (Lipinski definition) is 2. The van der Waals surface area contributed by atoms with Gasteiger partial charge >= 0.3 is 0 Å². The number of nitrogens with one attached hydrogen (secondary N) is 1. The molecule has 0 spiro atoms. The fourth-order valence-electron chi connectivity index (χ4n) is 2.40. The number of hydrogen-bond acceptors (Lipinski definition) is 5. The number of rotatable bonds is 6. The molecule has 0 saturated carbocycles. The van der Waals surface area contributed by atoms with Crippen molar-refractivity contribution in [3.05, 3.63) is 16.6 Å². The van der Waals surface area contributed by atoms with Crippen LogP contribution in [0, 0.1) is 0 Å². The summed E-state index contributed by atoms with van der Waals surface area (Å²) in [6, 6.07) is -0.0728. The van der Waals surface area contributed by atoms with Crippen LogP contribution in [-0.4, -0.2) is 43.4 Å². The summed E-state index contributed by atoms with van der Waals surface area (Å²) in [5.41, 5.74) is 5.68. The standard InChI is InChI=1S/C12H22N4O2S2/c1-10(12-14-5-7-19-12)9-15-20(17,18)16-6-3-2-4-11(16)8-13/h5,7,10-11,15H,2-4,6,8-9,13H2,1H3. The molecule has 0 radical (unpaired) electrons. The Bertz CT molecular complexity index is 504. The average Bonchev–Trinajstić information content (AvgIpc) is 2.99. The molecule has 1 aromatic rings. The third kappa shape index (κ3) is 3.76. The van der Waals surface area contributed by atoms with E-state index in [-0.39, 0.29) is 12.0 Å². The molecule has 1 aliphatic rings. The largest absolute Gasteiger partial charge is 0.329 e. The lowest BCUT2D eigenvalue weighted by Gasteiger charge is -2.34. The Morgan fingerprint density at radius 1 is 1.60 bits per heavy atom. The molecule has 3 N–H and O–H groups in total. The fraction of sp³-hybridized carbons (Fsp3) is 0.750. The molecular formula is C12H22N4O2S2. The van der Waals surface area contributed by atoms with Crippen molar-refractivity contribution < 1.29 is 8.42 Å². The van der Waals surface area contributed by atoms with Gasteiger partial charge in [-0.3, -0.25) is 0 Å². The van der Waals surface area contributed by atoms with Crippen molar-refractivity contribution in [2.24, 2.45) is 5.73 Å². The number of thiazole rings is 1. The van der Waals surface area contributed by atoms with E-state index in [9.17, 15) is 8.42 Å². The van der Waals surface area contributed by atoms with Gasteiger partial charge in [0.05, 0.1) is 5.01 Å². The summed E-state index contributed by atoms with van der Waals surface area (Å²) in [5, 5.41) is 2.84. The van der Waals surface area contributed by atoms with E-state index in [4.69, 9.17) is 5.73 Å². The molecule has 1 aromatic heterocycles. The number of piperidine rings is 1. The van der Waals surface area contributed by atoms with E-state index in [1.807, 2.05) is 12.3 Å². The molecular weight excluding hydrogens is 296 g/mol. The van der Waals surface area contributed by atoms with Gasteiger partial charge in [0.25, 0.3) is 10.2 Å². The molecule has 0 bridgehead atoms. The third-order valence-corrected chi connectivity index (χ3v) is 6.24. The summed E-state index contributed by atoms with van der Waals surface area (Å²) in [7, 11) is -3.45. The summed E-state index contributed by atoms with van der Waals surface area (Å²) in [4.78, 5) is 4.21. The monoisotopic (exact) mass is 318 g/mol. The van der Waals surface area contributed by atoms with E-state index in [1.165, 1.54) is 4.31 Å². The van der Waals surface area contributed by atoms with Crippen molar-refractivity contribution in [1.82, 2.24) is 14.0 Å². The SMILES string of the molecule is CC(CNS(=O)(=O)N1CCCCC1CN)c1nccs1. The van der Waals surface area contributed by atoms with Crippen LogP contribution < -0.4 is 10.5 Å². The molecule has 1 fully saturated rings. The van der Waals surface area contributed by atoms with Crippen LogP contribution in [0.3, 0.4) is 0 Å². The van der Waals surface area contributed by atoms with E-state index in [0.29, 0.717) is 19.6 Å². The van der Waals surface area contributed by atoms with Crippen molar-refractivity contribution in [3.63, 3.8) is 0 Å². The minimum absolute atomic E-state index is 0.0728. The van der Waals surface area contributed by atoms with Gasteiger partial charge in [-0.25, -0.2) is 9.71 Å². The third-order valence-electron chi connectivity index (χ3n) is 3.60. The normalized spacial score (nSPS) is 22.8. The zero-order valence-electron chi connectivity index (χ0n) is 11.7. The molecule has 20 heavy (non-hydrogen) atoms. The van der Waals surface area contributed by atoms with Crippen LogP contribution in [-0.2, 0) is 10.2 Å². The van der Waals surface area contributed by atoms with Gasteiger partial charge in [-0.1, -0.05) is 13.3 Å². The second-order valence-corrected chi connectivity index (χ2v) is 7.75. The van der Waals surface area contributed by atoms with Gasteiger partial charge in [-0.15, -0.1) is 11.3 Å². The van der Waals surface area contributed by atoms with Crippen molar-refractivity contribution in [2.75, 3.05) is 19.6 Å². The summed E-state index contributed by atoms with van der Waals surface area (Å²) >= 11 is 1.54. The molecule has 2 heterocycles. The first kappa shape index (κ1) is 15.8. The van der Waals surface area contributed by atoms with E-state index in [1.54, 1.807) is 17.5 Å². The second-order valence-electron chi connectivity index (χ2n) is 5.12. The van der Waals surface area contributed by atoms with Gasteiger partial charge in [-0.05, 0) is 12.8 Å². The molecule has 6 nitrogen and oxygen atoms in total. The Morgan fingerprint density at radius 3 is 3.05 bits per heavy atom. The lowest BCUT2D eigenvalue weighted by molar-refractivity contribution is 0.254. The Balaban J connectivity index is 1.96. The van der Waals surface area contributed by atoms with E-state index in [2.05, 4.69) is 9.71 Å². The highest BCUT2D eigenvalue weighted by molar-refractivity contribution is 7.87. The van der Waals surface area contributed by atoms with Crippen LogP contribution in [0.4, 0.5) is 0 Å². The molecule has 1 saturated heterocycles. The number of nitrogens with zero attached hydrogens (tertiary/aromatic N) is 2. The highest BCUT2D eigenvalue weighted by atomic mass is 32.2. The van der Waals surface area contributed by atoms with Crippen LogP contribution in [0.5, 0.6) is 0 Å². The van der Waals surface area contributed by atoms with Crippen molar-refractivity contribution >= 4 is 21.5 Å². The molecule has 0 aromatic carbocycles. The van der Waals surface area contributed by atoms with Crippen LogP contribution in [0.25, 0.3) is 0 Å². The summed E-state index contributed by atoms with van der Waals surface area (Å²) in [6.45, 7) is 3.27. The quantitative estimate of drug-likeness (QED) is 0.815. The maximum absolute atomic E-state index is 12.4. The molecule has 0 amide bonds. The average molecular weight is 318 g/mol. The van der Waals surface area contributed by atoms with Gasteiger partial charge in [0.15, 0.2) is 0 Å². The second kappa shape index (κ2) is 6.95. The van der Waals surface area contributed by atoms with Gasteiger partial charge in [0.1, 0.15) is 0 Å². The van der Waals surface area contributed by atoms with Gasteiger partial charge in [0.2, 0.25) is 0 Å². The zero-order valence-corrected chi connectivity index (χ0v) is 13.3. The van der Waals surface area contributed by atoms with Crippen LogP contribution in [0.15, 0.2) is 11.6 Å². The predicted octanol–water partition coefficient (Wildman–Crippen LogP) is 0.894. The van der Waals surface area contributed by atoms with Crippen LogP contribution in [0.1, 0.15) is 37.1 Å². The Labute approximate surface area is 124 Å². The number of aromatic nitrogens is 1. The zero-order chi connectivity index (χ0) is 14.6. The predicted molar refractivity (Wildman–Crippen MR) is 80.9 cm³/mol. The maximum Gasteiger partial charge on any atom is 0.279 e. The first-order chi connectivity index (χ1) is 9.54. The first-order valence-corrected chi connectivity index (χ1v) is 9.22. The summed E-state index contributed by atoms with van der Waals surface area (Å²) < 4.78 is 29.0. The van der Waals surface area contributed by atoms with Crippen molar-refractivity contribution in [2.45, 2.75) is 38.1 Å². The molecule has 0 aliphatic carbocycles. The minimum Gasteiger partial charge on any atom is -0.329 e. The van der Waals surface area contributed by atoms with Crippen molar-refractivity contribution in [3.8, 4) is 0 Å². The van der Waals surface area contributed by atoms with Gasteiger partial charge in [-0.2, -0.15) is 12.7 Å². The molecule has 114 valence electrons. The highest BCUT2D eigenvalue weighted by Gasteiger charge is 2.31. The maximum atomic E-state index is 12.4. The van der Waals surface area contributed by atoms with Crippen LogP contribution >= 0.6 is 11.3 Å². The van der Waals surface area contributed by atoms with E-state index >= 15 is 0 Å². The lowest BCUT2D eigenvalue weighted by atomic mass is 10.1. The van der Waals surface area contributed by atoms with Crippen molar-refractivity contribution in [1.29, 1.82) is 0 Å². The number of nitrogens with two attached hydrogens (primary N) is 1. The lowest BCUT2D eigenvalue weighted by Crippen LogP contribution is -2.52. The summed E-state index contributed by atoms with van der Waals surface area (Å²) in [6.07, 6.45) is 4.53. The van der Waals surface area contributed by atoms with Gasteiger partial charge < -0.3 is 5.73 Å². The molecule has 2 unspecified atom stereocenters. The summed E-state index contributed by atoms with van der Waals surface area (Å²) in [5.74, 6) is 0.0749. The smallest absolute Gasteiger partial charge is 0.279 e. The minimum atomic E-state index is -3.45. The Morgan fingerprint density at radius 2 is 2.40 bits per heavy atom. The molecule has 2 rings (SSSR count). The van der Waals surface area contributed by atoms with E-state index in [0.717, 1.165) is 24.3 Å². The fourth-order valence-corrected chi connectivity index (χ4v) is 4.68.